The van der Waals surface area contributed by atoms with Gasteiger partial charge in [-0.05, 0) is 43.3 Å². The van der Waals surface area contributed by atoms with Crippen molar-refractivity contribution in [1.29, 1.82) is 0 Å². The van der Waals surface area contributed by atoms with E-state index in [1.165, 1.54) is 16.3 Å². The van der Waals surface area contributed by atoms with Crippen LogP contribution in [0.2, 0.25) is 0 Å². The van der Waals surface area contributed by atoms with E-state index in [-0.39, 0.29) is 11.5 Å². The van der Waals surface area contributed by atoms with Crippen molar-refractivity contribution in [2.24, 2.45) is 5.84 Å². The van der Waals surface area contributed by atoms with E-state index >= 15 is 0 Å². The van der Waals surface area contributed by atoms with Gasteiger partial charge in [-0.15, -0.1) is 0 Å². The number of para-hydroxylation sites is 1. The van der Waals surface area contributed by atoms with Gasteiger partial charge < -0.3 is 4.74 Å². The van der Waals surface area contributed by atoms with Crippen LogP contribution in [-0.4, -0.2) is 27.8 Å². The van der Waals surface area contributed by atoms with Gasteiger partial charge in [0.15, 0.2) is 5.16 Å². The third-order valence-corrected chi connectivity index (χ3v) is 4.92. The average molecular weight is 370 g/mol. The molecule has 1 heterocycles. The number of carbonyl (C=O) groups is 1. The highest BCUT2D eigenvalue weighted by Gasteiger charge is 2.19. The van der Waals surface area contributed by atoms with Crippen molar-refractivity contribution in [3.63, 3.8) is 0 Å². The van der Waals surface area contributed by atoms with Crippen molar-refractivity contribution in [2.75, 3.05) is 7.11 Å². The van der Waals surface area contributed by atoms with Crippen LogP contribution in [0.3, 0.4) is 0 Å². The lowest BCUT2D eigenvalue weighted by Crippen LogP contribution is -2.36. The monoisotopic (exact) mass is 370 g/mol. The number of carbonyl (C=O) groups excluding carboxylic acids is 1. The number of aromatic nitrogens is 2. The molecule has 0 unspecified atom stereocenters. The van der Waals surface area contributed by atoms with Gasteiger partial charge in [0.25, 0.3) is 5.56 Å². The number of fused-ring (bicyclic) bond motifs is 1. The number of hydrogen-bond donors (Lipinski definition) is 2. The first-order valence-electron chi connectivity index (χ1n) is 7.88. The largest absolute Gasteiger partial charge is 0.497 e. The van der Waals surface area contributed by atoms with E-state index in [9.17, 15) is 9.59 Å². The van der Waals surface area contributed by atoms with Gasteiger partial charge in [0.1, 0.15) is 5.75 Å². The van der Waals surface area contributed by atoms with Gasteiger partial charge in [0.2, 0.25) is 5.91 Å². The first-order valence-corrected chi connectivity index (χ1v) is 8.76. The Morgan fingerprint density at radius 1 is 1.23 bits per heavy atom. The molecule has 8 heteroatoms. The van der Waals surface area contributed by atoms with Crippen molar-refractivity contribution in [3.05, 3.63) is 58.9 Å². The topological polar surface area (TPSA) is 99.2 Å². The summed E-state index contributed by atoms with van der Waals surface area (Å²) in [6.45, 7) is 1.70. The Balaban J connectivity index is 2.20. The van der Waals surface area contributed by atoms with Crippen LogP contribution in [0.5, 0.6) is 5.75 Å². The molecular formula is C18H18N4O3S. The molecule has 0 aliphatic rings. The average Bonchev–Trinajstić information content (AvgIpc) is 2.67. The van der Waals surface area contributed by atoms with Crippen LogP contribution in [0.4, 0.5) is 0 Å². The minimum absolute atomic E-state index is 0.205. The second-order valence-corrected chi connectivity index (χ2v) is 6.83. The number of methoxy groups -OCH3 is 1. The molecule has 1 amide bonds. The van der Waals surface area contributed by atoms with Gasteiger partial charge in [-0.2, -0.15) is 0 Å². The minimum atomic E-state index is -0.516. The Bertz CT molecular complexity index is 1000. The summed E-state index contributed by atoms with van der Waals surface area (Å²) < 4.78 is 6.66. The molecule has 1 atom stereocenters. The Kier molecular flexibility index (Phi) is 5.24. The first-order chi connectivity index (χ1) is 12.5. The lowest BCUT2D eigenvalue weighted by molar-refractivity contribution is -0.120. The lowest BCUT2D eigenvalue weighted by Gasteiger charge is -2.16. The van der Waals surface area contributed by atoms with Gasteiger partial charge in [-0.25, -0.2) is 10.8 Å². The Morgan fingerprint density at radius 2 is 1.92 bits per heavy atom. The molecule has 0 aliphatic heterocycles. The van der Waals surface area contributed by atoms with Crippen LogP contribution in [0.15, 0.2) is 58.5 Å². The lowest BCUT2D eigenvalue weighted by atomic mass is 10.2. The first kappa shape index (κ1) is 18.0. The Morgan fingerprint density at radius 3 is 2.58 bits per heavy atom. The molecule has 26 heavy (non-hydrogen) atoms. The molecule has 134 valence electrons. The summed E-state index contributed by atoms with van der Waals surface area (Å²) in [5.74, 6) is 5.55. The van der Waals surface area contributed by atoms with Crippen molar-refractivity contribution in [3.8, 4) is 11.4 Å². The summed E-state index contributed by atoms with van der Waals surface area (Å²) in [5, 5.41) is 0.399. The number of rotatable bonds is 5. The number of ether oxygens (including phenoxy) is 1. The van der Waals surface area contributed by atoms with Crippen molar-refractivity contribution in [1.82, 2.24) is 15.0 Å². The standard InChI is InChI=1S/C18H18N4O3S/c1-11(16(23)21-19)26-18-20-15-6-4-3-5-14(15)17(24)22(18)12-7-9-13(25-2)10-8-12/h3-11H,19H2,1-2H3,(H,21,23)/t11-/m1/s1. The number of hydrazine groups is 1. The van der Waals surface area contributed by atoms with Crippen LogP contribution in [-0.2, 0) is 4.79 Å². The molecule has 3 N–H and O–H groups in total. The molecule has 0 fully saturated rings. The van der Waals surface area contributed by atoms with Gasteiger partial charge in [-0.1, -0.05) is 23.9 Å². The van der Waals surface area contributed by atoms with Crippen LogP contribution in [0.1, 0.15) is 6.92 Å². The molecule has 0 radical (unpaired) electrons. The highest BCUT2D eigenvalue weighted by atomic mass is 32.2. The van der Waals surface area contributed by atoms with E-state index in [4.69, 9.17) is 10.6 Å². The number of amides is 1. The molecule has 0 bridgehead atoms. The molecule has 0 aliphatic carbocycles. The van der Waals surface area contributed by atoms with Gasteiger partial charge in [-0.3, -0.25) is 19.6 Å². The fraction of sp³-hybridized carbons (Fsp3) is 0.167. The van der Waals surface area contributed by atoms with Crippen LogP contribution >= 0.6 is 11.8 Å². The van der Waals surface area contributed by atoms with Crippen LogP contribution < -0.4 is 21.6 Å². The van der Waals surface area contributed by atoms with Gasteiger partial charge in [0.05, 0.1) is 29.0 Å². The quantitative estimate of drug-likeness (QED) is 0.234. The highest BCUT2D eigenvalue weighted by Crippen LogP contribution is 2.25. The highest BCUT2D eigenvalue weighted by molar-refractivity contribution is 8.00. The number of thioether (sulfide) groups is 1. The van der Waals surface area contributed by atoms with E-state index < -0.39 is 5.25 Å². The number of nitrogens with one attached hydrogen (secondary N) is 1. The third kappa shape index (κ3) is 3.42. The molecule has 2 aromatic carbocycles. The molecular weight excluding hydrogens is 352 g/mol. The minimum Gasteiger partial charge on any atom is -0.497 e. The Hall–Kier alpha value is -2.84. The zero-order valence-electron chi connectivity index (χ0n) is 14.3. The molecule has 0 spiro atoms. The molecule has 3 rings (SSSR count). The van der Waals surface area contributed by atoms with Crippen LogP contribution in [0, 0.1) is 0 Å². The maximum absolute atomic E-state index is 13.1. The van der Waals surface area contributed by atoms with Gasteiger partial charge in [0, 0.05) is 0 Å². The normalized spacial score (nSPS) is 12.0. The summed E-state index contributed by atoms with van der Waals surface area (Å²) in [4.78, 5) is 29.5. The molecule has 0 saturated carbocycles. The predicted octanol–water partition coefficient (Wildman–Crippen LogP) is 1.86. The van der Waals surface area contributed by atoms with Crippen molar-refractivity contribution >= 4 is 28.6 Å². The van der Waals surface area contributed by atoms with E-state index in [2.05, 4.69) is 10.4 Å². The van der Waals surface area contributed by atoms with Crippen molar-refractivity contribution in [2.45, 2.75) is 17.3 Å². The van der Waals surface area contributed by atoms with E-state index in [0.717, 1.165) is 0 Å². The van der Waals surface area contributed by atoms with Gasteiger partial charge >= 0.3 is 0 Å². The van der Waals surface area contributed by atoms with E-state index in [0.29, 0.717) is 27.5 Å². The van der Waals surface area contributed by atoms with E-state index in [1.54, 1.807) is 56.5 Å². The van der Waals surface area contributed by atoms with Crippen molar-refractivity contribution < 1.29 is 9.53 Å². The summed E-state index contributed by atoms with van der Waals surface area (Å²) in [6.07, 6.45) is 0. The molecule has 7 nitrogen and oxygen atoms in total. The zero-order valence-corrected chi connectivity index (χ0v) is 15.1. The second kappa shape index (κ2) is 7.59. The maximum atomic E-state index is 13.1. The molecule has 0 saturated heterocycles. The predicted molar refractivity (Wildman–Crippen MR) is 102 cm³/mol. The van der Waals surface area contributed by atoms with Crippen LogP contribution in [0.25, 0.3) is 16.6 Å². The third-order valence-electron chi connectivity index (χ3n) is 3.87. The zero-order chi connectivity index (χ0) is 18.7. The molecule has 1 aromatic heterocycles. The number of nitrogens with two attached hydrogens (primary N) is 1. The molecule has 3 aromatic rings. The summed E-state index contributed by atoms with van der Waals surface area (Å²) >= 11 is 1.17. The maximum Gasteiger partial charge on any atom is 0.266 e. The number of hydrogen-bond acceptors (Lipinski definition) is 6. The second-order valence-electron chi connectivity index (χ2n) is 5.52. The summed E-state index contributed by atoms with van der Waals surface area (Å²) in [5.41, 5.74) is 3.12. The fourth-order valence-corrected chi connectivity index (χ4v) is 3.42. The SMILES string of the molecule is COc1ccc(-n2c(S[C@H](C)C(=O)NN)nc3ccccc3c2=O)cc1. The number of benzene rings is 2. The summed E-state index contributed by atoms with van der Waals surface area (Å²) in [6, 6.07) is 14.2. The number of nitrogens with zero attached hydrogens (tertiary/aromatic N) is 2. The fourth-order valence-electron chi connectivity index (χ4n) is 2.48. The smallest absolute Gasteiger partial charge is 0.266 e. The Labute approximate surface area is 154 Å². The van der Waals surface area contributed by atoms with E-state index in [1.807, 2.05) is 6.07 Å². The summed E-state index contributed by atoms with van der Waals surface area (Å²) in [7, 11) is 1.58.